The number of benzene rings is 4. The van der Waals surface area contributed by atoms with Crippen LogP contribution in [0, 0.1) is 0 Å². The molecule has 2 saturated heterocycles. The normalized spacial score (nSPS) is 14.5. The molecule has 4 aromatic heterocycles. The maximum Gasteiger partial charge on any atom is 1.00 e. The van der Waals surface area contributed by atoms with Gasteiger partial charge in [0, 0.05) is 75.6 Å². The van der Waals surface area contributed by atoms with Crippen LogP contribution >= 0.6 is 0 Å². The fraction of sp³-hybridized carbons (Fsp3) is 0.298. The van der Waals surface area contributed by atoms with Crippen LogP contribution in [0.1, 0.15) is 71.4 Å². The Morgan fingerprint density at radius 3 is 1.33 bits per heavy atom. The molecule has 21 nitrogen and oxygen atoms in total. The predicted octanol–water partition coefficient (Wildman–Crippen LogP) is 5.72. The Balaban J connectivity index is 0.000000223. The summed E-state index contributed by atoms with van der Waals surface area (Å²) in [5.74, 6) is 3.87. The zero-order chi connectivity index (χ0) is 54.0. The number of rotatable bonds is 18. The van der Waals surface area contributed by atoms with Gasteiger partial charge < -0.3 is 54.7 Å². The van der Waals surface area contributed by atoms with Crippen molar-refractivity contribution in [1.82, 2.24) is 39.3 Å². The summed E-state index contributed by atoms with van der Waals surface area (Å²) in [6.07, 6.45) is 5.96. The number of hydrogen-bond acceptors (Lipinski definition) is 16. The minimum atomic E-state index is -0.999. The molecule has 79 heavy (non-hydrogen) atoms. The second-order valence-electron chi connectivity index (χ2n) is 18.4. The number of carboxylic acid groups (broad SMARTS) is 1. The van der Waals surface area contributed by atoms with E-state index in [2.05, 4.69) is 20.6 Å². The first-order chi connectivity index (χ1) is 37.4. The summed E-state index contributed by atoms with van der Waals surface area (Å²) in [6.45, 7) is 7.36. The SMILES string of the molecule is CCC(=O)N1CC[C@@H](Nc2nn(Cc3ccc(OC)cc3)c3nccc(Oc4ccc(C(=O)O)cc4)c23)C1.CCC(=O)N1CC[C@@H](Nc2nn(Cc3ccc(OC)cc3)c3nccc(Oc4ccc(C(=O)OC)cc4)c23)C1.[Na+].[OH-]. The number of likely N-dealkylation sites (tertiary alicyclic amines) is 2. The number of pyridine rings is 2. The predicted molar refractivity (Wildman–Crippen MR) is 290 cm³/mol. The molecule has 0 spiro atoms. The average molecular weight is 1090 g/mol. The first kappa shape index (κ1) is 58.4. The van der Waals surface area contributed by atoms with Gasteiger partial charge in [0.25, 0.3) is 0 Å². The van der Waals surface area contributed by atoms with Crippen molar-refractivity contribution < 1.29 is 83.0 Å². The van der Waals surface area contributed by atoms with E-state index in [1.165, 1.54) is 19.2 Å². The van der Waals surface area contributed by atoms with Crippen LogP contribution in [0.3, 0.4) is 0 Å². The molecule has 0 bridgehead atoms. The van der Waals surface area contributed by atoms with E-state index in [-0.39, 0.29) is 64.5 Å². The van der Waals surface area contributed by atoms with E-state index in [9.17, 15) is 24.3 Å². The van der Waals surface area contributed by atoms with Crippen molar-refractivity contribution in [2.45, 2.75) is 64.7 Å². The molecule has 8 aromatic rings. The third-order valence-corrected chi connectivity index (χ3v) is 13.4. The summed E-state index contributed by atoms with van der Waals surface area (Å²) in [5.41, 5.74) is 3.99. The van der Waals surface area contributed by atoms with Crippen molar-refractivity contribution >= 4 is 57.5 Å². The number of methoxy groups -OCH3 is 3. The van der Waals surface area contributed by atoms with E-state index in [1.54, 1.807) is 75.1 Å². The number of aromatic carboxylic acids is 1. The Hall–Kier alpha value is -8.24. The number of carbonyl (C=O) groups excluding carboxylic acids is 3. The van der Waals surface area contributed by atoms with Gasteiger partial charge in [-0.25, -0.2) is 28.9 Å². The standard InChI is InChI=1S/C29H31N5O5.C28H29N5O5.Na.H2O/c1-4-25(35)33-16-14-21(18-33)31-27-26-24(39-23-11-7-20(8-12-23)29(36)38-3)13-15-30-28(26)34(32-27)17-19-5-9-22(37-2)10-6-19;1-3-24(34)32-15-13-20(17-32)30-26-25-23(38-22-10-6-19(7-11-22)28(35)36)12-14-29-27(25)33(31-26)16-18-4-8-21(37-2)9-5-18;;/h5-13,15,21H,4,14,16-18H2,1-3H3,(H,31,32);4-12,14,20H,3,13,15-17H2,1-2H3,(H,30,31)(H,35,36);;1H2/q;;+1;/p-1/t21-;20-;;/m11../s1. The molecular weight excluding hydrogens is 1020 g/mol. The first-order valence-electron chi connectivity index (χ1n) is 25.4. The smallest absolute Gasteiger partial charge is 0.870 e. The molecule has 0 unspecified atom stereocenters. The Morgan fingerprint density at radius 2 is 0.962 bits per heavy atom. The van der Waals surface area contributed by atoms with Gasteiger partial charge in [-0.2, -0.15) is 10.2 Å². The fourth-order valence-corrected chi connectivity index (χ4v) is 9.28. The van der Waals surface area contributed by atoms with E-state index >= 15 is 0 Å². The van der Waals surface area contributed by atoms with Crippen LogP contribution in [-0.4, -0.2) is 133 Å². The van der Waals surface area contributed by atoms with Crippen molar-refractivity contribution in [3.05, 3.63) is 144 Å². The fourth-order valence-electron chi connectivity index (χ4n) is 9.28. The summed E-state index contributed by atoms with van der Waals surface area (Å²) >= 11 is 0. The Labute approximate surface area is 478 Å². The number of fused-ring (bicyclic) bond motifs is 2. The maximum absolute atomic E-state index is 12.2. The van der Waals surface area contributed by atoms with Crippen LogP contribution in [0.15, 0.2) is 122 Å². The molecule has 2 atom stereocenters. The Morgan fingerprint density at radius 1 is 0.570 bits per heavy atom. The number of nitrogens with one attached hydrogen (secondary N) is 2. The van der Waals surface area contributed by atoms with E-state index in [0.29, 0.717) is 109 Å². The van der Waals surface area contributed by atoms with Crippen LogP contribution in [-0.2, 0) is 27.4 Å². The molecule has 0 radical (unpaired) electrons. The molecule has 2 fully saturated rings. The minimum absolute atomic E-state index is 0. The van der Waals surface area contributed by atoms with Crippen LogP contribution in [0.5, 0.6) is 34.5 Å². The summed E-state index contributed by atoms with van der Waals surface area (Å²) in [6, 6.07) is 32.2. The number of esters is 1. The number of anilines is 2. The molecule has 10 rings (SSSR count). The van der Waals surface area contributed by atoms with Crippen LogP contribution < -0.4 is 59.1 Å². The first-order valence-corrected chi connectivity index (χ1v) is 25.4. The van der Waals surface area contributed by atoms with Crippen LogP contribution in [0.25, 0.3) is 22.1 Å². The van der Waals surface area contributed by atoms with Crippen molar-refractivity contribution in [1.29, 1.82) is 0 Å². The van der Waals surface area contributed by atoms with E-state index in [1.807, 2.05) is 81.5 Å². The van der Waals surface area contributed by atoms with E-state index < -0.39 is 11.9 Å². The Bertz CT molecular complexity index is 3370. The molecule has 2 amide bonds. The molecule has 4 N–H and O–H groups in total. The summed E-state index contributed by atoms with van der Waals surface area (Å²) in [5, 5.41) is 27.5. The second kappa shape index (κ2) is 26.9. The number of hydrogen-bond donors (Lipinski definition) is 3. The van der Waals surface area contributed by atoms with Crippen LogP contribution in [0.4, 0.5) is 11.6 Å². The second-order valence-corrected chi connectivity index (χ2v) is 18.4. The minimum Gasteiger partial charge on any atom is -0.870 e. The number of aromatic nitrogens is 6. The van der Waals surface area contributed by atoms with Gasteiger partial charge in [0.2, 0.25) is 11.8 Å². The molecule has 2 aliphatic heterocycles. The van der Waals surface area contributed by atoms with E-state index in [4.69, 9.17) is 33.9 Å². The molecule has 22 heteroatoms. The summed E-state index contributed by atoms with van der Waals surface area (Å²) in [7, 11) is 4.62. The number of carboxylic acids is 1. The van der Waals surface area contributed by atoms with Gasteiger partial charge in [0.05, 0.1) is 45.5 Å². The molecule has 6 heterocycles. The molecule has 0 aliphatic carbocycles. The largest absolute Gasteiger partial charge is 1.00 e. The molecule has 4 aromatic carbocycles. The van der Waals surface area contributed by atoms with Gasteiger partial charge in [-0.1, -0.05) is 38.1 Å². The molecule has 0 saturated carbocycles. The number of amides is 2. The number of nitrogens with zero attached hydrogens (tertiary/aromatic N) is 8. The maximum atomic E-state index is 12.2. The third-order valence-electron chi connectivity index (χ3n) is 13.4. The summed E-state index contributed by atoms with van der Waals surface area (Å²) < 4.78 is 31.5. The zero-order valence-electron chi connectivity index (χ0n) is 44.9. The van der Waals surface area contributed by atoms with Gasteiger partial charge in [-0.15, -0.1) is 0 Å². The van der Waals surface area contributed by atoms with Gasteiger partial charge in [0.15, 0.2) is 22.9 Å². The molecule has 406 valence electrons. The van der Waals surface area contributed by atoms with Crippen molar-refractivity contribution in [3.63, 3.8) is 0 Å². The quantitative estimate of drug-likeness (QED) is 0.0686. The number of ether oxygens (including phenoxy) is 5. The monoisotopic (exact) mass is 1080 g/mol. The van der Waals surface area contributed by atoms with Gasteiger partial charge in [0.1, 0.15) is 45.3 Å². The van der Waals surface area contributed by atoms with Gasteiger partial charge in [-0.05, 0) is 96.8 Å². The van der Waals surface area contributed by atoms with Crippen LogP contribution in [0.2, 0.25) is 0 Å². The molecule has 2 aliphatic rings. The molecular formula is C57H61N10NaO11. The van der Waals surface area contributed by atoms with Gasteiger partial charge in [-0.3, -0.25) is 9.59 Å². The van der Waals surface area contributed by atoms with Crippen molar-refractivity contribution in [2.75, 3.05) is 58.1 Å². The average Bonchev–Trinajstić information content (AvgIpc) is 4.48. The Kier molecular flexibility index (Phi) is 19.9. The zero-order valence-corrected chi connectivity index (χ0v) is 46.9. The van der Waals surface area contributed by atoms with Crippen molar-refractivity contribution in [3.8, 4) is 34.5 Å². The van der Waals surface area contributed by atoms with Crippen molar-refractivity contribution in [2.24, 2.45) is 0 Å². The summed E-state index contributed by atoms with van der Waals surface area (Å²) in [4.78, 5) is 60.5. The van der Waals surface area contributed by atoms with E-state index in [0.717, 1.165) is 40.9 Å². The van der Waals surface area contributed by atoms with Gasteiger partial charge >= 0.3 is 41.5 Å². The number of carbonyl (C=O) groups is 4. The topological polar surface area (TPSA) is 257 Å². The third kappa shape index (κ3) is 13.9.